The molecule has 48 heavy (non-hydrogen) atoms. The Balaban J connectivity index is 0.000000402. The number of aromatic nitrogens is 2. The molecular weight excluding hydrogens is 630 g/mol. The monoisotopic (exact) mass is 673 g/mol. The van der Waals surface area contributed by atoms with E-state index in [1.165, 1.54) is 32.4 Å². The Kier molecular flexibility index (Phi) is 13.2. The lowest BCUT2D eigenvalue weighted by molar-refractivity contribution is -0.120. The quantitative estimate of drug-likeness (QED) is 0.163. The van der Waals surface area contributed by atoms with Crippen molar-refractivity contribution in [3.8, 4) is 11.1 Å². The maximum Gasteiger partial charge on any atom is 0.255 e. The third kappa shape index (κ3) is 9.36. The SMILES string of the molecule is C=C/C(F)=C\C=C(/C)c1nn2cc(N(CCO)S(C)=O)c(-c3cccc(C)c3)cc2c1C(=O)NC.CC(=O)NC(C)(C)c1ccccc1. The number of rotatable bonds is 11. The van der Waals surface area contributed by atoms with Gasteiger partial charge in [-0.1, -0.05) is 72.8 Å². The lowest BCUT2D eigenvalue weighted by Gasteiger charge is -2.26. The highest BCUT2D eigenvalue weighted by molar-refractivity contribution is 7.85. The van der Waals surface area contributed by atoms with Crippen LogP contribution in [0.1, 0.15) is 54.9 Å². The normalized spacial score (nSPS) is 12.5. The van der Waals surface area contributed by atoms with E-state index in [1.807, 2.05) is 81.4 Å². The molecule has 11 heteroatoms. The van der Waals surface area contributed by atoms with Gasteiger partial charge in [0.2, 0.25) is 5.91 Å². The first kappa shape index (κ1) is 37.6. The van der Waals surface area contributed by atoms with Crippen LogP contribution in [0.2, 0.25) is 0 Å². The number of aliphatic hydroxyl groups is 1. The zero-order chi connectivity index (χ0) is 35.6. The van der Waals surface area contributed by atoms with Gasteiger partial charge in [0.25, 0.3) is 5.91 Å². The number of benzene rings is 2. The molecule has 9 nitrogen and oxygen atoms in total. The van der Waals surface area contributed by atoms with Gasteiger partial charge in [-0.15, -0.1) is 0 Å². The van der Waals surface area contributed by atoms with Gasteiger partial charge < -0.3 is 15.7 Å². The number of fused-ring (bicyclic) bond motifs is 1. The van der Waals surface area contributed by atoms with Gasteiger partial charge in [0.05, 0.1) is 41.7 Å². The summed E-state index contributed by atoms with van der Waals surface area (Å²) in [5, 5.41) is 19.8. The fourth-order valence-electron chi connectivity index (χ4n) is 5.14. The summed E-state index contributed by atoms with van der Waals surface area (Å²) in [4.78, 5) is 23.9. The van der Waals surface area contributed by atoms with E-state index >= 15 is 0 Å². The predicted molar refractivity (Wildman–Crippen MR) is 194 cm³/mol. The number of hydrogen-bond acceptors (Lipinski definition) is 5. The maximum absolute atomic E-state index is 13.6. The summed E-state index contributed by atoms with van der Waals surface area (Å²) in [7, 11) is 0.102. The lowest BCUT2D eigenvalue weighted by atomic mass is 9.94. The zero-order valence-electron chi connectivity index (χ0n) is 28.5. The molecule has 1 atom stereocenters. The van der Waals surface area contributed by atoms with Crippen molar-refractivity contribution in [1.82, 2.24) is 20.2 Å². The summed E-state index contributed by atoms with van der Waals surface area (Å²) < 4.78 is 29.4. The van der Waals surface area contributed by atoms with Crippen molar-refractivity contribution in [3.05, 3.63) is 120 Å². The molecule has 4 rings (SSSR count). The first-order chi connectivity index (χ1) is 22.7. The topological polar surface area (TPSA) is 116 Å². The number of amides is 2. The molecule has 1 unspecified atom stereocenters. The van der Waals surface area contributed by atoms with Crippen molar-refractivity contribution in [2.24, 2.45) is 0 Å². The Morgan fingerprint density at radius 3 is 2.35 bits per heavy atom. The molecular formula is C37H44FN5O4S. The third-order valence-corrected chi connectivity index (χ3v) is 8.46. The summed E-state index contributed by atoms with van der Waals surface area (Å²) in [6.45, 7) is 12.6. The second-order valence-electron chi connectivity index (χ2n) is 11.6. The van der Waals surface area contributed by atoms with Crippen LogP contribution in [0, 0.1) is 6.92 Å². The van der Waals surface area contributed by atoms with Crippen LogP contribution in [0.25, 0.3) is 22.2 Å². The first-order valence-electron chi connectivity index (χ1n) is 15.3. The minimum absolute atomic E-state index is 0.00569. The number of nitrogens with one attached hydrogen (secondary N) is 2. The number of aryl methyl sites for hydroxylation is 1. The second-order valence-corrected chi connectivity index (χ2v) is 12.9. The van der Waals surface area contributed by atoms with Gasteiger partial charge in [0, 0.05) is 25.8 Å². The van der Waals surface area contributed by atoms with Gasteiger partial charge in [-0.2, -0.15) is 5.10 Å². The molecule has 2 amide bonds. The van der Waals surface area contributed by atoms with E-state index in [1.54, 1.807) is 21.9 Å². The van der Waals surface area contributed by atoms with E-state index in [4.69, 9.17) is 0 Å². The van der Waals surface area contributed by atoms with E-state index in [0.717, 1.165) is 28.3 Å². The van der Waals surface area contributed by atoms with Crippen LogP contribution in [0.4, 0.5) is 10.1 Å². The number of allylic oxidation sites excluding steroid dienone is 5. The molecule has 0 aliphatic carbocycles. The molecule has 0 saturated carbocycles. The van der Waals surface area contributed by atoms with E-state index in [-0.39, 0.29) is 30.5 Å². The number of anilines is 1. The minimum Gasteiger partial charge on any atom is -0.394 e. The Morgan fingerprint density at radius 2 is 1.79 bits per heavy atom. The molecule has 0 aliphatic rings. The molecule has 254 valence electrons. The minimum atomic E-state index is -1.43. The van der Waals surface area contributed by atoms with E-state index in [9.17, 15) is 23.3 Å². The Morgan fingerprint density at radius 1 is 1.10 bits per heavy atom. The first-order valence-corrected chi connectivity index (χ1v) is 16.8. The van der Waals surface area contributed by atoms with Gasteiger partial charge in [0.15, 0.2) is 0 Å². The van der Waals surface area contributed by atoms with Crippen LogP contribution in [0.3, 0.4) is 0 Å². The third-order valence-electron chi connectivity index (χ3n) is 7.46. The number of carbonyl (C=O) groups excluding carboxylic acids is 2. The van der Waals surface area contributed by atoms with Crippen LogP contribution in [0.15, 0.2) is 97.5 Å². The zero-order valence-corrected chi connectivity index (χ0v) is 29.3. The molecule has 0 saturated heterocycles. The summed E-state index contributed by atoms with van der Waals surface area (Å²) in [6, 6.07) is 19.6. The number of pyridine rings is 1. The predicted octanol–water partition coefficient (Wildman–Crippen LogP) is 6.26. The summed E-state index contributed by atoms with van der Waals surface area (Å²) in [5.74, 6) is -0.859. The molecule has 2 heterocycles. The molecule has 2 aromatic heterocycles. The van der Waals surface area contributed by atoms with Crippen molar-refractivity contribution in [2.45, 2.75) is 40.2 Å². The van der Waals surface area contributed by atoms with Crippen LogP contribution >= 0.6 is 0 Å². The van der Waals surface area contributed by atoms with Crippen molar-refractivity contribution in [1.29, 1.82) is 0 Å². The lowest BCUT2D eigenvalue weighted by Crippen LogP contribution is -2.39. The number of nitrogens with zero attached hydrogens (tertiary/aromatic N) is 3. The van der Waals surface area contributed by atoms with Crippen molar-refractivity contribution >= 4 is 39.6 Å². The van der Waals surface area contributed by atoms with Crippen LogP contribution in [-0.2, 0) is 21.3 Å². The highest BCUT2D eigenvalue weighted by Crippen LogP contribution is 2.35. The number of halogens is 1. The van der Waals surface area contributed by atoms with Gasteiger partial charge in [-0.3, -0.25) is 13.9 Å². The Hall–Kier alpha value is -4.87. The molecule has 0 radical (unpaired) electrons. The molecule has 4 aromatic rings. The Labute approximate surface area is 284 Å². The highest BCUT2D eigenvalue weighted by atomic mass is 32.2. The van der Waals surface area contributed by atoms with Gasteiger partial charge in [-0.25, -0.2) is 13.1 Å². The largest absolute Gasteiger partial charge is 0.394 e. The van der Waals surface area contributed by atoms with Crippen molar-refractivity contribution in [2.75, 3.05) is 30.8 Å². The number of hydrogen-bond donors (Lipinski definition) is 3. The average molecular weight is 674 g/mol. The summed E-state index contributed by atoms with van der Waals surface area (Å²) >= 11 is 0. The van der Waals surface area contributed by atoms with Crippen LogP contribution in [0.5, 0.6) is 0 Å². The summed E-state index contributed by atoms with van der Waals surface area (Å²) in [5.41, 5.74) is 5.89. The number of aliphatic hydroxyl groups excluding tert-OH is 1. The average Bonchev–Trinajstić information content (AvgIpc) is 3.43. The smallest absolute Gasteiger partial charge is 0.255 e. The van der Waals surface area contributed by atoms with Gasteiger partial charge in [0.1, 0.15) is 22.5 Å². The van der Waals surface area contributed by atoms with Crippen LogP contribution in [-0.4, -0.2) is 57.2 Å². The fraction of sp³-hybridized carbons (Fsp3) is 0.270. The molecule has 0 spiro atoms. The highest BCUT2D eigenvalue weighted by Gasteiger charge is 2.24. The van der Waals surface area contributed by atoms with Crippen LogP contribution < -0.4 is 14.9 Å². The standard InChI is InChI=1S/C26H29FN4O3S.C11H15NO/c1-6-20(27)11-10-18(3)25-24(26(33)28-4)22-15-21(19-9-7-8-17(2)14-19)23(16-30(22)29-25)31(12-13-32)35(5)34;1-9(13)12-11(2,3)10-7-5-4-6-8-10/h6-11,14-16,32H,1,12-13H2,2-5H3,(H,28,33);4-8H,1-3H3,(H,12,13)/b18-10+,20-11+;. The van der Waals surface area contributed by atoms with E-state index < -0.39 is 16.8 Å². The van der Waals surface area contributed by atoms with Gasteiger partial charge >= 0.3 is 0 Å². The molecule has 2 aromatic carbocycles. The van der Waals surface area contributed by atoms with Crippen molar-refractivity contribution < 1.29 is 23.3 Å². The maximum atomic E-state index is 13.6. The fourth-order valence-corrected chi connectivity index (χ4v) is 5.91. The molecule has 0 fully saturated rings. The second kappa shape index (κ2) is 16.8. The Bertz CT molecular complexity index is 1860. The number of carbonyl (C=O) groups is 2. The van der Waals surface area contributed by atoms with E-state index in [2.05, 4.69) is 22.3 Å². The van der Waals surface area contributed by atoms with Crippen molar-refractivity contribution in [3.63, 3.8) is 0 Å². The van der Waals surface area contributed by atoms with E-state index in [0.29, 0.717) is 28.0 Å². The molecule has 3 N–H and O–H groups in total. The molecule has 0 aliphatic heterocycles. The van der Waals surface area contributed by atoms with Gasteiger partial charge in [-0.05, 0) is 62.6 Å². The summed E-state index contributed by atoms with van der Waals surface area (Å²) in [6.07, 6.45) is 7.12. The molecule has 0 bridgehead atoms.